The maximum atomic E-state index is 12.0. The van der Waals surface area contributed by atoms with E-state index in [1.807, 2.05) is 18.2 Å². The number of benzene rings is 1. The molecule has 0 amide bonds. The van der Waals surface area contributed by atoms with Gasteiger partial charge >= 0.3 is 0 Å². The fourth-order valence-corrected chi connectivity index (χ4v) is 2.03. The molecule has 0 saturated heterocycles. The molecule has 92 valence electrons. The number of nitrogens with zero attached hydrogens (tertiary/aromatic N) is 1. The van der Waals surface area contributed by atoms with E-state index in [-0.39, 0.29) is 5.78 Å². The number of Topliss-reactive ketones (excluding diaryl/α,β-unsaturated/α-hetero) is 1. The normalized spacial score (nSPS) is 10.3. The van der Waals surface area contributed by atoms with E-state index in [0.717, 1.165) is 5.69 Å². The lowest BCUT2D eigenvalue weighted by atomic mass is 10.1. The maximum Gasteiger partial charge on any atom is 0.164 e. The molecule has 1 aromatic carbocycles. The van der Waals surface area contributed by atoms with Crippen molar-refractivity contribution >= 4 is 29.0 Å². The van der Waals surface area contributed by atoms with Gasteiger partial charge in [0.2, 0.25) is 0 Å². The van der Waals surface area contributed by atoms with Crippen LogP contribution in [0.3, 0.4) is 0 Å². The van der Waals surface area contributed by atoms with E-state index in [4.69, 9.17) is 23.2 Å². The minimum atomic E-state index is -0.0202. The molecule has 2 nitrogen and oxygen atoms in total. The molecule has 0 spiro atoms. The summed E-state index contributed by atoms with van der Waals surface area (Å²) in [6.45, 7) is 0. The zero-order valence-corrected chi connectivity index (χ0v) is 11.1. The van der Waals surface area contributed by atoms with Crippen molar-refractivity contribution in [2.24, 2.45) is 0 Å². The van der Waals surface area contributed by atoms with Crippen molar-refractivity contribution in [3.8, 4) is 0 Å². The predicted molar refractivity (Wildman–Crippen MR) is 73.4 cm³/mol. The summed E-state index contributed by atoms with van der Waals surface area (Å²) in [6.07, 6.45) is 2.69. The summed E-state index contributed by atoms with van der Waals surface area (Å²) in [5.74, 6) is -0.0202. The van der Waals surface area contributed by atoms with Crippen LogP contribution in [0.15, 0.2) is 42.6 Å². The molecule has 0 aliphatic rings. The van der Waals surface area contributed by atoms with Gasteiger partial charge in [-0.1, -0.05) is 29.3 Å². The van der Waals surface area contributed by atoms with Gasteiger partial charge in [-0.05, 0) is 36.8 Å². The van der Waals surface area contributed by atoms with E-state index in [9.17, 15) is 4.79 Å². The number of halogens is 2. The summed E-state index contributed by atoms with van der Waals surface area (Å²) in [7, 11) is 0. The molecular formula is C14H11Cl2NO. The molecule has 1 heterocycles. The number of rotatable bonds is 4. The topological polar surface area (TPSA) is 30.0 Å². The highest BCUT2D eigenvalue weighted by atomic mass is 35.5. The highest BCUT2D eigenvalue weighted by Gasteiger charge is 2.11. The van der Waals surface area contributed by atoms with Crippen LogP contribution < -0.4 is 0 Å². The lowest BCUT2D eigenvalue weighted by Crippen LogP contribution is -2.03. The number of hydrogen-bond donors (Lipinski definition) is 0. The van der Waals surface area contributed by atoms with Crippen LogP contribution in [0.5, 0.6) is 0 Å². The molecule has 0 N–H and O–H groups in total. The Hall–Kier alpha value is -1.38. The summed E-state index contributed by atoms with van der Waals surface area (Å²) in [4.78, 5) is 16.2. The van der Waals surface area contributed by atoms with Crippen molar-refractivity contribution in [2.75, 3.05) is 0 Å². The monoisotopic (exact) mass is 279 g/mol. The smallest absolute Gasteiger partial charge is 0.164 e. The van der Waals surface area contributed by atoms with Crippen molar-refractivity contribution in [3.63, 3.8) is 0 Å². The first-order valence-electron chi connectivity index (χ1n) is 5.55. The summed E-state index contributed by atoms with van der Waals surface area (Å²) < 4.78 is 0. The minimum Gasteiger partial charge on any atom is -0.294 e. The van der Waals surface area contributed by atoms with E-state index >= 15 is 0 Å². The molecule has 0 aliphatic carbocycles. The molecule has 0 atom stereocenters. The number of carbonyl (C=O) groups excluding carboxylic acids is 1. The molecule has 0 bridgehead atoms. The fourth-order valence-electron chi connectivity index (χ4n) is 1.63. The molecule has 0 aliphatic heterocycles. The van der Waals surface area contributed by atoms with E-state index in [1.54, 1.807) is 24.4 Å². The van der Waals surface area contributed by atoms with Crippen LogP contribution in [0.1, 0.15) is 22.5 Å². The van der Waals surface area contributed by atoms with Crippen LogP contribution in [0.25, 0.3) is 0 Å². The van der Waals surface area contributed by atoms with Gasteiger partial charge in [-0.15, -0.1) is 0 Å². The lowest BCUT2D eigenvalue weighted by Gasteiger charge is -2.04. The zero-order valence-electron chi connectivity index (χ0n) is 9.57. The van der Waals surface area contributed by atoms with Gasteiger partial charge in [0.15, 0.2) is 5.78 Å². The van der Waals surface area contributed by atoms with Crippen LogP contribution in [0.2, 0.25) is 10.0 Å². The largest absolute Gasteiger partial charge is 0.294 e. The number of aryl methyl sites for hydroxylation is 1. The van der Waals surface area contributed by atoms with E-state index in [2.05, 4.69) is 4.98 Å². The zero-order chi connectivity index (χ0) is 13.0. The average molecular weight is 280 g/mol. The van der Waals surface area contributed by atoms with Crippen molar-refractivity contribution in [1.82, 2.24) is 4.98 Å². The van der Waals surface area contributed by atoms with Crippen LogP contribution in [-0.4, -0.2) is 10.8 Å². The Kier molecular flexibility index (Phi) is 4.34. The second kappa shape index (κ2) is 5.98. The Morgan fingerprint density at radius 2 is 2.00 bits per heavy atom. The Balaban J connectivity index is 2.06. The van der Waals surface area contributed by atoms with Gasteiger partial charge in [0, 0.05) is 28.9 Å². The molecule has 18 heavy (non-hydrogen) atoms. The molecule has 4 heteroatoms. The van der Waals surface area contributed by atoms with Gasteiger partial charge in [0.1, 0.15) is 0 Å². The number of aromatic nitrogens is 1. The molecule has 2 rings (SSSR count). The number of carbonyl (C=O) groups is 1. The Bertz CT molecular complexity index is 555. The second-order valence-corrected chi connectivity index (χ2v) is 4.71. The van der Waals surface area contributed by atoms with Gasteiger partial charge in [-0.2, -0.15) is 0 Å². The van der Waals surface area contributed by atoms with Crippen LogP contribution in [0.4, 0.5) is 0 Å². The predicted octanol–water partition coefficient (Wildman–Crippen LogP) is 4.20. The highest BCUT2D eigenvalue weighted by Crippen LogP contribution is 2.22. The first kappa shape index (κ1) is 13.1. The second-order valence-electron chi connectivity index (χ2n) is 3.87. The molecular weight excluding hydrogens is 269 g/mol. The molecule has 0 fully saturated rings. The van der Waals surface area contributed by atoms with Crippen LogP contribution in [0, 0.1) is 0 Å². The highest BCUT2D eigenvalue weighted by molar-refractivity contribution is 6.35. The van der Waals surface area contributed by atoms with Crippen molar-refractivity contribution in [3.05, 3.63) is 63.9 Å². The average Bonchev–Trinajstić information content (AvgIpc) is 2.40. The number of ketones is 1. The van der Waals surface area contributed by atoms with Gasteiger partial charge in [0.05, 0.1) is 5.02 Å². The molecule has 1 aromatic heterocycles. The Labute approximate surface area is 116 Å². The van der Waals surface area contributed by atoms with Crippen molar-refractivity contribution in [1.29, 1.82) is 0 Å². The number of pyridine rings is 1. The number of hydrogen-bond acceptors (Lipinski definition) is 2. The van der Waals surface area contributed by atoms with Crippen LogP contribution >= 0.6 is 23.2 Å². The SMILES string of the molecule is O=C(CCc1ccccn1)c1cc(Cl)ccc1Cl. The molecule has 0 unspecified atom stereocenters. The Morgan fingerprint density at radius 1 is 1.17 bits per heavy atom. The summed E-state index contributed by atoms with van der Waals surface area (Å²) in [5.41, 5.74) is 1.36. The van der Waals surface area contributed by atoms with Crippen LogP contribution in [-0.2, 0) is 6.42 Å². The quantitative estimate of drug-likeness (QED) is 0.785. The Morgan fingerprint density at radius 3 is 2.72 bits per heavy atom. The maximum absolute atomic E-state index is 12.0. The first-order valence-corrected chi connectivity index (χ1v) is 6.30. The fraction of sp³-hybridized carbons (Fsp3) is 0.143. The van der Waals surface area contributed by atoms with Crippen molar-refractivity contribution in [2.45, 2.75) is 12.8 Å². The van der Waals surface area contributed by atoms with Gasteiger partial charge < -0.3 is 0 Å². The minimum absolute atomic E-state index is 0.0202. The van der Waals surface area contributed by atoms with Gasteiger partial charge in [0.25, 0.3) is 0 Å². The van der Waals surface area contributed by atoms with Gasteiger partial charge in [-0.3, -0.25) is 9.78 Å². The van der Waals surface area contributed by atoms with Gasteiger partial charge in [-0.25, -0.2) is 0 Å². The first-order chi connectivity index (χ1) is 8.66. The van der Waals surface area contributed by atoms with E-state index < -0.39 is 0 Å². The standard InChI is InChI=1S/C14H11Cl2NO/c15-10-4-6-13(16)12(9-10)14(18)7-5-11-3-1-2-8-17-11/h1-4,6,8-9H,5,7H2. The third-order valence-electron chi connectivity index (χ3n) is 2.56. The summed E-state index contributed by atoms with van der Waals surface area (Å²) in [5, 5.41) is 0.950. The third-order valence-corrected chi connectivity index (χ3v) is 3.13. The van der Waals surface area contributed by atoms with E-state index in [1.165, 1.54) is 0 Å². The third kappa shape index (κ3) is 3.31. The molecule has 0 saturated carbocycles. The summed E-state index contributed by atoms with van der Waals surface area (Å²) in [6, 6.07) is 10.5. The molecule has 2 aromatic rings. The van der Waals surface area contributed by atoms with E-state index in [0.29, 0.717) is 28.5 Å². The molecule has 0 radical (unpaired) electrons. The van der Waals surface area contributed by atoms with Crippen molar-refractivity contribution < 1.29 is 4.79 Å². The summed E-state index contributed by atoms with van der Waals surface area (Å²) >= 11 is 11.8. The lowest BCUT2D eigenvalue weighted by molar-refractivity contribution is 0.0982.